The van der Waals surface area contributed by atoms with Crippen molar-refractivity contribution >= 4 is 21.7 Å². The molecule has 4 heteroatoms. The SMILES string of the molecule is NCC1(CC(=O)Cc2cccc(F)c2Br)CCCCC1. The molecule has 0 spiro atoms. The first-order valence-electron chi connectivity index (χ1n) is 7.21. The lowest BCUT2D eigenvalue weighted by molar-refractivity contribution is -0.121. The average Bonchev–Trinajstić information content (AvgIpc) is 2.45. The Morgan fingerprint density at radius 2 is 2.00 bits per heavy atom. The summed E-state index contributed by atoms with van der Waals surface area (Å²) in [5.41, 5.74) is 6.61. The van der Waals surface area contributed by atoms with Crippen LogP contribution in [-0.4, -0.2) is 12.3 Å². The van der Waals surface area contributed by atoms with E-state index in [0.717, 1.165) is 31.2 Å². The van der Waals surface area contributed by atoms with Gasteiger partial charge in [0.25, 0.3) is 0 Å². The van der Waals surface area contributed by atoms with Crippen molar-refractivity contribution in [3.63, 3.8) is 0 Å². The Kier molecular flexibility index (Phi) is 5.33. The molecule has 0 unspecified atom stereocenters. The van der Waals surface area contributed by atoms with Gasteiger partial charge in [-0.2, -0.15) is 0 Å². The first kappa shape index (κ1) is 15.6. The monoisotopic (exact) mass is 341 g/mol. The standard InChI is InChI=1S/C16H21BrFNO/c17-15-12(5-4-6-14(15)18)9-13(20)10-16(11-19)7-2-1-3-8-16/h4-6H,1-3,7-11,19H2. The van der Waals surface area contributed by atoms with Crippen molar-refractivity contribution in [2.24, 2.45) is 11.1 Å². The highest BCUT2D eigenvalue weighted by Crippen LogP contribution is 2.39. The molecule has 2 rings (SSSR count). The molecule has 1 aliphatic carbocycles. The van der Waals surface area contributed by atoms with E-state index in [9.17, 15) is 9.18 Å². The van der Waals surface area contributed by atoms with Crippen molar-refractivity contribution < 1.29 is 9.18 Å². The van der Waals surface area contributed by atoms with Gasteiger partial charge in [0.2, 0.25) is 0 Å². The third-order valence-electron chi connectivity index (χ3n) is 4.34. The number of ketones is 1. The number of hydrogen-bond acceptors (Lipinski definition) is 2. The summed E-state index contributed by atoms with van der Waals surface area (Å²) < 4.78 is 13.9. The zero-order valence-corrected chi connectivity index (χ0v) is 13.2. The molecule has 1 saturated carbocycles. The molecule has 20 heavy (non-hydrogen) atoms. The van der Waals surface area contributed by atoms with E-state index in [0.29, 0.717) is 17.4 Å². The van der Waals surface area contributed by atoms with E-state index in [4.69, 9.17) is 5.73 Å². The van der Waals surface area contributed by atoms with Crippen molar-refractivity contribution in [1.29, 1.82) is 0 Å². The summed E-state index contributed by atoms with van der Waals surface area (Å²) >= 11 is 3.21. The fourth-order valence-electron chi connectivity index (χ4n) is 3.13. The molecule has 0 radical (unpaired) electrons. The van der Waals surface area contributed by atoms with Gasteiger partial charge in [-0.05, 0) is 52.4 Å². The molecule has 0 saturated heterocycles. The van der Waals surface area contributed by atoms with Gasteiger partial charge < -0.3 is 5.73 Å². The number of halogens is 2. The molecule has 110 valence electrons. The van der Waals surface area contributed by atoms with Crippen LogP contribution in [0.4, 0.5) is 4.39 Å². The number of Topliss-reactive ketones (excluding diaryl/α,β-unsaturated/α-hetero) is 1. The van der Waals surface area contributed by atoms with Gasteiger partial charge in [0.15, 0.2) is 0 Å². The highest BCUT2D eigenvalue weighted by molar-refractivity contribution is 9.10. The molecule has 2 N–H and O–H groups in total. The van der Waals surface area contributed by atoms with Crippen molar-refractivity contribution in [2.75, 3.05) is 6.54 Å². The summed E-state index contributed by atoms with van der Waals surface area (Å²) in [4.78, 5) is 12.3. The number of carbonyl (C=O) groups is 1. The van der Waals surface area contributed by atoms with Gasteiger partial charge in [0.05, 0.1) is 4.47 Å². The predicted molar refractivity (Wildman–Crippen MR) is 82.0 cm³/mol. The van der Waals surface area contributed by atoms with Crippen LogP contribution >= 0.6 is 15.9 Å². The molecule has 0 bridgehead atoms. The molecular weight excluding hydrogens is 321 g/mol. The average molecular weight is 342 g/mol. The van der Waals surface area contributed by atoms with E-state index in [1.165, 1.54) is 12.5 Å². The summed E-state index contributed by atoms with van der Waals surface area (Å²) in [5.74, 6) is -0.162. The summed E-state index contributed by atoms with van der Waals surface area (Å²) in [6.07, 6.45) is 6.44. The van der Waals surface area contributed by atoms with Crippen molar-refractivity contribution in [1.82, 2.24) is 0 Å². The zero-order chi connectivity index (χ0) is 14.6. The quantitative estimate of drug-likeness (QED) is 0.879. The predicted octanol–water partition coefficient (Wildman–Crippen LogP) is 4.00. The lowest BCUT2D eigenvalue weighted by Crippen LogP contribution is -2.35. The van der Waals surface area contributed by atoms with Crippen LogP contribution in [0.25, 0.3) is 0 Å². The Morgan fingerprint density at radius 1 is 1.30 bits per heavy atom. The topological polar surface area (TPSA) is 43.1 Å². The number of hydrogen-bond donors (Lipinski definition) is 1. The van der Waals surface area contributed by atoms with Crippen LogP contribution in [-0.2, 0) is 11.2 Å². The molecule has 1 aromatic rings. The lowest BCUT2D eigenvalue weighted by atomic mass is 9.70. The molecule has 1 aromatic carbocycles. The Balaban J connectivity index is 2.03. The summed E-state index contributed by atoms with van der Waals surface area (Å²) in [6, 6.07) is 4.82. The molecule has 0 heterocycles. The van der Waals surface area contributed by atoms with Crippen LogP contribution in [0.1, 0.15) is 44.1 Å². The lowest BCUT2D eigenvalue weighted by Gasteiger charge is -2.35. The van der Waals surface area contributed by atoms with Gasteiger partial charge in [0.1, 0.15) is 11.6 Å². The van der Waals surface area contributed by atoms with Crippen LogP contribution in [0.15, 0.2) is 22.7 Å². The molecule has 0 atom stereocenters. The van der Waals surface area contributed by atoms with Crippen molar-refractivity contribution in [2.45, 2.75) is 44.9 Å². The fraction of sp³-hybridized carbons (Fsp3) is 0.562. The first-order valence-corrected chi connectivity index (χ1v) is 8.00. The molecule has 0 amide bonds. The first-order chi connectivity index (χ1) is 9.56. The fourth-order valence-corrected chi connectivity index (χ4v) is 3.54. The second kappa shape index (κ2) is 6.81. The third-order valence-corrected chi connectivity index (χ3v) is 5.23. The second-order valence-corrected chi connectivity index (χ2v) is 6.66. The van der Waals surface area contributed by atoms with Gasteiger partial charge in [-0.25, -0.2) is 4.39 Å². The highest BCUT2D eigenvalue weighted by atomic mass is 79.9. The van der Waals surface area contributed by atoms with Gasteiger partial charge >= 0.3 is 0 Å². The van der Waals surface area contributed by atoms with Crippen LogP contribution in [0.5, 0.6) is 0 Å². The smallest absolute Gasteiger partial charge is 0.137 e. The van der Waals surface area contributed by atoms with Gasteiger partial charge in [-0.15, -0.1) is 0 Å². The van der Waals surface area contributed by atoms with Crippen LogP contribution in [0.2, 0.25) is 0 Å². The van der Waals surface area contributed by atoms with Crippen molar-refractivity contribution in [3.8, 4) is 0 Å². The van der Waals surface area contributed by atoms with Crippen LogP contribution < -0.4 is 5.73 Å². The van der Waals surface area contributed by atoms with Crippen LogP contribution in [0.3, 0.4) is 0 Å². The largest absolute Gasteiger partial charge is 0.330 e. The Hall–Kier alpha value is -0.740. The molecular formula is C16H21BrFNO. The van der Waals surface area contributed by atoms with E-state index >= 15 is 0 Å². The van der Waals surface area contributed by atoms with Gasteiger partial charge in [-0.3, -0.25) is 4.79 Å². The van der Waals surface area contributed by atoms with E-state index in [1.807, 2.05) is 0 Å². The summed E-state index contributed by atoms with van der Waals surface area (Å²) in [6.45, 7) is 0.572. The molecule has 2 nitrogen and oxygen atoms in total. The molecule has 1 fully saturated rings. The van der Waals surface area contributed by atoms with E-state index in [2.05, 4.69) is 15.9 Å². The van der Waals surface area contributed by atoms with E-state index in [-0.39, 0.29) is 23.4 Å². The Morgan fingerprint density at radius 3 is 2.65 bits per heavy atom. The highest BCUT2D eigenvalue weighted by Gasteiger charge is 2.32. The van der Waals surface area contributed by atoms with Gasteiger partial charge in [-0.1, -0.05) is 31.4 Å². The minimum Gasteiger partial charge on any atom is -0.330 e. The maximum atomic E-state index is 13.5. The second-order valence-electron chi connectivity index (χ2n) is 5.87. The van der Waals surface area contributed by atoms with E-state index in [1.54, 1.807) is 12.1 Å². The maximum absolute atomic E-state index is 13.5. The minimum absolute atomic E-state index is 0.0187. The number of nitrogens with two attached hydrogens (primary N) is 1. The normalized spacial score (nSPS) is 17.9. The number of rotatable bonds is 5. The Bertz CT molecular complexity index is 483. The van der Waals surface area contributed by atoms with Gasteiger partial charge in [0, 0.05) is 12.8 Å². The number of benzene rings is 1. The Labute approximate surface area is 128 Å². The third kappa shape index (κ3) is 3.67. The molecule has 0 aromatic heterocycles. The molecule has 0 aliphatic heterocycles. The van der Waals surface area contributed by atoms with Crippen LogP contribution in [0, 0.1) is 11.2 Å². The maximum Gasteiger partial charge on any atom is 0.137 e. The van der Waals surface area contributed by atoms with Crippen molar-refractivity contribution in [3.05, 3.63) is 34.1 Å². The minimum atomic E-state index is -0.318. The zero-order valence-electron chi connectivity index (χ0n) is 11.6. The summed E-state index contributed by atoms with van der Waals surface area (Å²) in [7, 11) is 0. The number of carbonyl (C=O) groups excluding carboxylic acids is 1. The summed E-state index contributed by atoms with van der Waals surface area (Å²) in [5, 5.41) is 0. The molecule has 1 aliphatic rings. The van der Waals surface area contributed by atoms with E-state index < -0.39 is 0 Å².